The first-order valence-electron chi connectivity index (χ1n) is 7.71. The second-order valence-corrected chi connectivity index (χ2v) is 5.44. The van der Waals surface area contributed by atoms with E-state index in [0.717, 1.165) is 30.8 Å². The Kier molecular flexibility index (Phi) is 4.78. The molecule has 0 saturated carbocycles. The fourth-order valence-electron chi connectivity index (χ4n) is 2.54. The third-order valence-electron chi connectivity index (χ3n) is 3.78. The molecule has 1 fully saturated rings. The summed E-state index contributed by atoms with van der Waals surface area (Å²) in [5.74, 6) is 2.17. The summed E-state index contributed by atoms with van der Waals surface area (Å²) >= 11 is 0. The van der Waals surface area contributed by atoms with Crippen molar-refractivity contribution in [3.05, 3.63) is 48.5 Å². The van der Waals surface area contributed by atoms with E-state index >= 15 is 0 Å². The molecule has 3 rings (SSSR count). The van der Waals surface area contributed by atoms with Crippen molar-refractivity contribution in [1.29, 1.82) is 0 Å². The third kappa shape index (κ3) is 4.02. The fraction of sp³-hybridized carbons (Fsp3) is 0.278. The number of rotatable bonds is 5. The molecule has 0 radical (unpaired) electrons. The molecule has 5 heteroatoms. The highest BCUT2D eigenvalue weighted by Crippen LogP contribution is 2.26. The van der Waals surface area contributed by atoms with Gasteiger partial charge in [-0.3, -0.25) is 4.79 Å². The molecule has 2 aromatic carbocycles. The van der Waals surface area contributed by atoms with Crippen molar-refractivity contribution >= 4 is 11.6 Å². The molecule has 2 aromatic rings. The second-order valence-electron chi connectivity index (χ2n) is 5.44. The maximum absolute atomic E-state index is 12.0. The Morgan fingerprint density at radius 2 is 1.91 bits per heavy atom. The van der Waals surface area contributed by atoms with Crippen molar-refractivity contribution in [3.8, 4) is 17.2 Å². The number of carbonyl (C=O) groups excluding carboxylic acids is 1. The lowest BCUT2D eigenvalue weighted by Crippen LogP contribution is -2.35. The van der Waals surface area contributed by atoms with Crippen LogP contribution in [0.1, 0.15) is 12.8 Å². The van der Waals surface area contributed by atoms with Gasteiger partial charge in [0.25, 0.3) is 0 Å². The maximum Gasteiger partial charge on any atom is 0.241 e. The van der Waals surface area contributed by atoms with Crippen LogP contribution in [0, 0.1) is 0 Å². The average molecular weight is 312 g/mol. The number of hydrogen-bond acceptors (Lipinski definition) is 4. The minimum atomic E-state index is -0.0808. The van der Waals surface area contributed by atoms with Gasteiger partial charge in [-0.1, -0.05) is 6.07 Å². The minimum absolute atomic E-state index is 0.0176. The van der Waals surface area contributed by atoms with Crippen LogP contribution in [0.4, 0.5) is 5.69 Å². The Balaban J connectivity index is 1.61. The lowest BCUT2D eigenvalue weighted by Gasteiger charge is -2.12. The number of anilines is 1. The largest absolute Gasteiger partial charge is 0.497 e. The zero-order valence-electron chi connectivity index (χ0n) is 13.0. The van der Waals surface area contributed by atoms with Crippen molar-refractivity contribution in [2.24, 2.45) is 0 Å². The van der Waals surface area contributed by atoms with Crippen molar-refractivity contribution in [2.75, 3.05) is 19.0 Å². The molecule has 1 amide bonds. The van der Waals surface area contributed by atoms with E-state index in [-0.39, 0.29) is 11.9 Å². The zero-order chi connectivity index (χ0) is 16.1. The Bertz CT molecular complexity index is 664. The highest BCUT2D eigenvalue weighted by Gasteiger charge is 2.21. The number of amides is 1. The molecule has 1 aliphatic rings. The van der Waals surface area contributed by atoms with Gasteiger partial charge in [-0.25, -0.2) is 0 Å². The van der Waals surface area contributed by atoms with Crippen LogP contribution in [0.25, 0.3) is 0 Å². The standard InChI is InChI=1S/C18H20N2O3/c1-22-15-4-2-5-16(12-15)23-14-9-7-13(8-10-14)20-18(21)17-6-3-11-19-17/h2,4-5,7-10,12,17,19H,3,6,11H2,1H3,(H,20,21)/t17-/m0/s1. The first-order chi connectivity index (χ1) is 11.2. The molecule has 0 aromatic heterocycles. The van der Waals surface area contributed by atoms with Gasteiger partial charge in [0.1, 0.15) is 17.2 Å². The Morgan fingerprint density at radius 1 is 1.13 bits per heavy atom. The molecule has 0 bridgehead atoms. The van der Waals surface area contributed by atoms with Gasteiger partial charge in [-0.15, -0.1) is 0 Å². The van der Waals surface area contributed by atoms with Gasteiger partial charge in [0.15, 0.2) is 0 Å². The molecule has 1 aliphatic heterocycles. The van der Waals surface area contributed by atoms with Gasteiger partial charge in [0, 0.05) is 11.8 Å². The molecule has 1 atom stereocenters. The quantitative estimate of drug-likeness (QED) is 0.890. The molecule has 5 nitrogen and oxygen atoms in total. The van der Waals surface area contributed by atoms with Crippen molar-refractivity contribution < 1.29 is 14.3 Å². The van der Waals surface area contributed by atoms with Crippen LogP contribution in [-0.4, -0.2) is 25.6 Å². The second kappa shape index (κ2) is 7.15. The first-order valence-corrected chi connectivity index (χ1v) is 7.71. The average Bonchev–Trinajstić information content (AvgIpc) is 3.11. The normalized spacial score (nSPS) is 16.8. The predicted molar refractivity (Wildman–Crippen MR) is 89.2 cm³/mol. The fourth-order valence-corrected chi connectivity index (χ4v) is 2.54. The molecule has 23 heavy (non-hydrogen) atoms. The van der Waals surface area contributed by atoms with Gasteiger partial charge in [-0.2, -0.15) is 0 Å². The summed E-state index contributed by atoms with van der Waals surface area (Å²) in [6, 6.07) is 14.7. The SMILES string of the molecule is COc1cccc(Oc2ccc(NC(=O)[C@@H]3CCCN3)cc2)c1. The number of benzene rings is 2. The lowest BCUT2D eigenvalue weighted by atomic mass is 10.2. The predicted octanol–water partition coefficient (Wildman–Crippen LogP) is 3.18. The summed E-state index contributed by atoms with van der Waals surface area (Å²) in [7, 11) is 1.62. The summed E-state index contributed by atoms with van der Waals surface area (Å²) in [6.45, 7) is 0.908. The van der Waals surface area contributed by atoms with Crippen LogP contribution >= 0.6 is 0 Å². The highest BCUT2D eigenvalue weighted by atomic mass is 16.5. The van der Waals surface area contributed by atoms with E-state index in [4.69, 9.17) is 9.47 Å². The van der Waals surface area contributed by atoms with E-state index < -0.39 is 0 Å². The molecule has 1 heterocycles. The van der Waals surface area contributed by atoms with Gasteiger partial charge < -0.3 is 20.1 Å². The molecule has 2 N–H and O–H groups in total. The molecule has 120 valence electrons. The van der Waals surface area contributed by atoms with E-state index in [0.29, 0.717) is 11.5 Å². The Morgan fingerprint density at radius 3 is 2.61 bits per heavy atom. The molecule has 0 aliphatic carbocycles. The number of nitrogens with one attached hydrogen (secondary N) is 2. The van der Waals surface area contributed by atoms with Crippen molar-refractivity contribution in [2.45, 2.75) is 18.9 Å². The lowest BCUT2D eigenvalue weighted by molar-refractivity contribution is -0.117. The highest BCUT2D eigenvalue weighted by molar-refractivity contribution is 5.95. The summed E-state index contributed by atoms with van der Waals surface area (Å²) in [4.78, 5) is 12.0. The van der Waals surface area contributed by atoms with Crippen LogP contribution in [0.3, 0.4) is 0 Å². The van der Waals surface area contributed by atoms with Gasteiger partial charge in [-0.05, 0) is 55.8 Å². The maximum atomic E-state index is 12.0. The molecular weight excluding hydrogens is 292 g/mol. The summed E-state index contributed by atoms with van der Waals surface area (Å²) in [5, 5.41) is 6.10. The van der Waals surface area contributed by atoms with Crippen LogP contribution in [0.15, 0.2) is 48.5 Å². The molecular formula is C18H20N2O3. The minimum Gasteiger partial charge on any atom is -0.497 e. The van der Waals surface area contributed by atoms with E-state index in [1.807, 2.05) is 48.5 Å². The van der Waals surface area contributed by atoms with Crippen LogP contribution in [0.2, 0.25) is 0 Å². The molecule has 1 saturated heterocycles. The summed E-state index contributed by atoms with van der Waals surface area (Å²) < 4.78 is 10.9. The number of ether oxygens (including phenoxy) is 2. The van der Waals surface area contributed by atoms with Gasteiger partial charge in [0.05, 0.1) is 13.2 Å². The van der Waals surface area contributed by atoms with Crippen molar-refractivity contribution in [1.82, 2.24) is 5.32 Å². The van der Waals surface area contributed by atoms with E-state index in [2.05, 4.69) is 10.6 Å². The summed E-state index contributed by atoms with van der Waals surface area (Å²) in [5.41, 5.74) is 0.765. The smallest absolute Gasteiger partial charge is 0.241 e. The first kappa shape index (κ1) is 15.4. The third-order valence-corrected chi connectivity index (χ3v) is 3.78. The molecule has 0 spiro atoms. The van der Waals surface area contributed by atoms with Crippen molar-refractivity contribution in [3.63, 3.8) is 0 Å². The zero-order valence-corrected chi connectivity index (χ0v) is 13.0. The van der Waals surface area contributed by atoms with Crippen LogP contribution in [0.5, 0.6) is 17.2 Å². The number of hydrogen-bond donors (Lipinski definition) is 2. The number of methoxy groups -OCH3 is 1. The van der Waals surface area contributed by atoms with Gasteiger partial charge >= 0.3 is 0 Å². The Labute approximate surface area is 135 Å². The monoisotopic (exact) mass is 312 g/mol. The van der Waals surface area contributed by atoms with Crippen LogP contribution in [-0.2, 0) is 4.79 Å². The van der Waals surface area contributed by atoms with E-state index in [1.165, 1.54) is 0 Å². The Hall–Kier alpha value is -2.53. The summed E-state index contributed by atoms with van der Waals surface area (Å²) in [6.07, 6.45) is 1.94. The van der Waals surface area contributed by atoms with E-state index in [9.17, 15) is 4.79 Å². The van der Waals surface area contributed by atoms with Crippen LogP contribution < -0.4 is 20.1 Å². The van der Waals surface area contributed by atoms with E-state index in [1.54, 1.807) is 7.11 Å². The molecule has 0 unspecified atom stereocenters. The number of carbonyl (C=O) groups is 1. The topological polar surface area (TPSA) is 59.6 Å². The van der Waals surface area contributed by atoms with Gasteiger partial charge in [0.2, 0.25) is 5.91 Å².